The third-order valence-electron chi connectivity index (χ3n) is 4.93. The van der Waals surface area contributed by atoms with Gasteiger partial charge in [0, 0.05) is 78.3 Å². The lowest BCUT2D eigenvalue weighted by Crippen LogP contribution is -2.48. The normalized spacial score (nSPS) is 15.6. The molecule has 2 amide bonds. The van der Waals surface area contributed by atoms with E-state index >= 15 is 0 Å². The van der Waals surface area contributed by atoms with E-state index in [0.717, 1.165) is 26.2 Å². The lowest BCUT2D eigenvalue weighted by atomic mass is 10.2. The molecule has 0 bridgehead atoms. The number of aliphatic hydroxyl groups is 4. The van der Waals surface area contributed by atoms with Gasteiger partial charge < -0.3 is 40.0 Å². The van der Waals surface area contributed by atoms with Crippen molar-refractivity contribution in [2.45, 2.75) is 12.8 Å². The Labute approximate surface area is 166 Å². The average Bonchev–Trinajstić information content (AvgIpc) is 2.70. The standard InChI is InChI=1S/C18H36N4O6/c23-13-9-21(10-14-24)17(27)1-3-19-5-7-20(8-6-19)4-2-18(28)22(11-15-25)12-16-26/h23-26H,1-16H2. The zero-order chi connectivity index (χ0) is 20.8. The van der Waals surface area contributed by atoms with Crippen molar-refractivity contribution in [3.8, 4) is 0 Å². The van der Waals surface area contributed by atoms with Crippen LogP contribution in [-0.4, -0.2) is 144 Å². The van der Waals surface area contributed by atoms with Crippen molar-refractivity contribution in [2.24, 2.45) is 0 Å². The summed E-state index contributed by atoms with van der Waals surface area (Å²) in [5, 5.41) is 36.0. The molecule has 0 atom stereocenters. The first kappa shape index (κ1) is 24.7. The summed E-state index contributed by atoms with van der Waals surface area (Å²) in [6, 6.07) is 0. The largest absolute Gasteiger partial charge is 0.395 e. The Morgan fingerprint density at radius 3 is 1.14 bits per heavy atom. The molecule has 0 saturated carbocycles. The first-order valence-electron chi connectivity index (χ1n) is 9.99. The molecule has 10 heteroatoms. The molecule has 0 aromatic rings. The highest BCUT2D eigenvalue weighted by molar-refractivity contribution is 5.76. The highest BCUT2D eigenvalue weighted by atomic mass is 16.3. The van der Waals surface area contributed by atoms with E-state index in [2.05, 4.69) is 9.80 Å². The van der Waals surface area contributed by atoms with Crippen molar-refractivity contribution in [3.05, 3.63) is 0 Å². The molecule has 1 aliphatic rings. The monoisotopic (exact) mass is 404 g/mol. The Kier molecular flexibility index (Phi) is 13.0. The van der Waals surface area contributed by atoms with Crippen molar-refractivity contribution in [1.82, 2.24) is 19.6 Å². The summed E-state index contributed by atoms with van der Waals surface area (Å²) >= 11 is 0. The van der Waals surface area contributed by atoms with E-state index < -0.39 is 0 Å². The van der Waals surface area contributed by atoms with Crippen molar-refractivity contribution in [1.29, 1.82) is 0 Å². The Bertz CT molecular complexity index is 394. The molecule has 1 heterocycles. The quantitative estimate of drug-likeness (QED) is 0.241. The predicted molar refractivity (Wildman–Crippen MR) is 104 cm³/mol. The lowest BCUT2D eigenvalue weighted by molar-refractivity contribution is -0.133. The minimum atomic E-state index is -0.114. The van der Waals surface area contributed by atoms with Crippen LogP contribution in [0.15, 0.2) is 0 Å². The SMILES string of the molecule is O=C(CCN1CCN(CCC(=O)N(CCO)CCO)CC1)N(CCO)CCO. The molecule has 1 aliphatic heterocycles. The van der Waals surface area contributed by atoms with E-state index in [-0.39, 0.29) is 64.4 Å². The molecule has 0 aromatic heterocycles. The van der Waals surface area contributed by atoms with E-state index in [1.165, 1.54) is 9.80 Å². The number of aliphatic hydroxyl groups excluding tert-OH is 4. The molecule has 1 fully saturated rings. The van der Waals surface area contributed by atoms with Crippen LogP contribution >= 0.6 is 0 Å². The van der Waals surface area contributed by atoms with Crippen LogP contribution in [0.25, 0.3) is 0 Å². The minimum Gasteiger partial charge on any atom is -0.395 e. The van der Waals surface area contributed by atoms with Gasteiger partial charge in [0.25, 0.3) is 0 Å². The summed E-state index contributed by atoms with van der Waals surface area (Å²) < 4.78 is 0. The number of amides is 2. The second-order valence-corrected chi connectivity index (χ2v) is 6.84. The molecular formula is C18H36N4O6. The zero-order valence-corrected chi connectivity index (χ0v) is 16.7. The van der Waals surface area contributed by atoms with E-state index in [1.54, 1.807) is 0 Å². The Morgan fingerprint density at radius 2 is 0.893 bits per heavy atom. The molecule has 28 heavy (non-hydrogen) atoms. The number of rotatable bonds is 14. The second kappa shape index (κ2) is 14.7. The maximum atomic E-state index is 12.2. The molecule has 0 aliphatic carbocycles. The fourth-order valence-electron chi connectivity index (χ4n) is 3.27. The van der Waals surface area contributed by atoms with Crippen molar-refractivity contribution < 1.29 is 30.0 Å². The van der Waals surface area contributed by atoms with Gasteiger partial charge in [-0.25, -0.2) is 0 Å². The summed E-state index contributed by atoms with van der Waals surface area (Å²) in [5.74, 6) is -0.132. The fraction of sp³-hybridized carbons (Fsp3) is 0.889. The van der Waals surface area contributed by atoms with Gasteiger partial charge in [-0.3, -0.25) is 9.59 Å². The number of hydrogen-bond donors (Lipinski definition) is 4. The molecule has 0 aromatic carbocycles. The smallest absolute Gasteiger partial charge is 0.224 e. The summed E-state index contributed by atoms with van der Waals surface area (Å²) in [6.45, 7) is 5.06. The lowest BCUT2D eigenvalue weighted by Gasteiger charge is -2.35. The highest BCUT2D eigenvalue weighted by Gasteiger charge is 2.20. The van der Waals surface area contributed by atoms with Crippen LogP contribution in [0.4, 0.5) is 0 Å². The number of carbonyl (C=O) groups excluding carboxylic acids is 2. The van der Waals surface area contributed by atoms with Crippen LogP contribution in [0.1, 0.15) is 12.8 Å². The van der Waals surface area contributed by atoms with Crippen LogP contribution in [0.2, 0.25) is 0 Å². The molecule has 0 spiro atoms. The molecule has 164 valence electrons. The van der Waals surface area contributed by atoms with E-state index in [4.69, 9.17) is 20.4 Å². The van der Waals surface area contributed by atoms with Gasteiger partial charge in [0.15, 0.2) is 0 Å². The van der Waals surface area contributed by atoms with Crippen molar-refractivity contribution in [3.63, 3.8) is 0 Å². The van der Waals surface area contributed by atoms with Gasteiger partial charge in [0.05, 0.1) is 26.4 Å². The number of nitrogens with zero attached hydrogens (tertiary/aromatic N) is 4. The summed E-state index contributed by atoms with van der Waals surface area (Å²) in [7, 11) is 0. The predicted octanol–water partition coefficient (Wildman–Crippen LogP) is -2.99. The van der Waals surface area contributed by atoms with E-state index in [9.17, 15) is 9.59 Å². The summed E-state index contributed by atoms with van der Waals surface area (Å²) in [6.07, 6.45) is 0.714. The zero-order valence-electron chi connectivity index (χ0n) is 16.7. The van der Waals surface area contributed by atoms with Gasteiger partial charge in [0.1, 0.15) is 0 Å². The number of hydrogen-bond acceptors (Lipinski definition) is 8. The van der Waals surface area contributed by atoms with Gasteiger partial charge in [-0.2, -0.15) is 0 Å². The third-order valence-corrected chi connectivity index (χ3v) is 4.93. The molecule has 1 saturated heterocycles. The number of carbonyl (C=O) groups is 2. The molecule has 10 nitrogen and oxygen atoms in total. The maximum absolute atomic E-state index is 12.2. The minimum absolute atomic E-state index is 0.0658. The Morgan fingerprint density at radius 1 is 0.607 bits per heavy atom. The maximum Gasteiger partial charge on any atom is 0.224 e. The Hall–Kier alpha value is -1.30. The fourth-order valence-corrected chi connectivity index (χ4v) is 3.27. The van der Waals surface area contributed by atoms with Crippen LogP contribution in [-0.2, 0) is 9.59 Å². The van der Waals surface area contributed by atoms with E-state index in [0.29, 0.717) is 25.9 Å². The van der Waals surface area contributed by atoms with Gasteiger partial charge in [-0.1, -0.05) is 0 Å². The first-order valence-corrected chi connectivity index (χ1v) is 9.99. The van der Waals surface area contributed by atoms with Crippen LogP contribution in [0.3, 0.4) is 0 Å². The topological polar surface area (TPSA) is 128 Å². The first-order chi connectivity index (χ1) is 13.5. The molecule has 0 radical (unpaired) electrons. The van der Waals surface area contributed by atoms with E-state index in [1.807, 2.05) is 0 Å². The van der Waals surface area contributed by atoms with Crippen LogP contribution < -0.4 is 0 Å². The van der Waals surface area contributed by atoms with Crippen LogP contribution in [0, 0.1) is 0 Å². The molecule has 0 unspecified atom stereocenters. The van der Waals surface area contributed by atoms with Gasteiger partial charge >= 0.3 is 0 Å². The summed E-state index contributed by atoms with van der Waals surface area (Å²) in [4.78, 5) is 31.7. The molecule has 1 rings (SSSR count). The van der Waals surface area contributed by atoms with Gasteiger partial charge in [-0.05, 0) is 0 Å². The second-order valence-electron chi connectivity index (χ2n) is 6.84. The summed E-state index contributed by atoms with van der Waals surface area (Å²) in [5.41, 5.74) is 0. The Balaban J connectivity index is 2.27. The molecule has 4 N–H and O–H groups in total. The highest BCUT2D eigenvalue weighted by Crippen LogP contribution is 2.06. The average molecular weight is 405 g/mol. The van der Waals surface area contributed by atoms with Crippen molar-refractivity contribution in [2.75, 3.05) is 91.9 Å². The van der Waals surface area contributed by atoms with Gasteiger partial charge in [-0.15, -0.1) is 0 Å². The number of piperazine rings is 1. The van der Waals surface area contributed by atoms with Gasteiger partial charge in [0.2, 0.25) is 11.8 Å². The molecular weight excluding hydrogens is 368 g/mol. The third kappa shape index (κ3) is 9.26. The van der Waals surface area contributed by atoms with Crippen LogP contribution in [0.5, 0.6) is 0 Å². The van der Waals surface area contributed by atoms with Crippen molar-refractivity contribution >= 4 is 11.8 Å².